The SMILES string of the molecule is Cc1ccccc1-c1ccc(N2CC[C@H](Oc3ncccc3C)C2)c(CO)n1. The number of pyridine rings is 2. The third-order valence-corrected chi connectivity index (χ3v) is 5.25. The minimum atomic E-state index is -0.0869. The van der Waals surface area contributed by atoms with E-state index in [1.165, 1.54) is 5.56 Å². The number of anilines is 1. The Hall–Kier alpha value is -2.92. The van der Waals surface area contributed by atoms with Crippen LogP contribution in [0.2, 0.25) is 0 Å². The van der Waals surface area contributed by atoms with Crippen LogP contribution >= 0.6 is 0 Å². The van der Waals surface area contributed by atoms with Crippen molar-refractivity contribution in [3.63, 3.8) is 0 Å². The Morgan fingerprint density at radius 2 is 1.89 bits per heavy atom. The number of nitrogens with zero attached hydrogens (tertiary/aromatic N) is 3. The lowest BCUT2D eigenvalue weighted by Gasteiger charge is -2.22. The molecule has 0 unspecified atom stereocenters. The van der Waals surface area contributed by atoms with Gasteiger partial charge in [0.2, 0.25) is 5.88 Å². The number of hydrogen-bond donors (Lipinski definition) is 1. The third kappa shape index (κ3) is 3.71. The molecule has 0 amide bonds. The van der Waals surface area contributed by atoms with E-state index in [0.29, 0.717) is 11.6 Å². The van der Waals surface area contributed by atoms with Gasteiger partial charge in [0.25, 0.3) is 0 Å². The van der Waals surface area contributed by atoms with Gasteiger partial charge in [-0.05, 0) is 37.6 Å². The molecule has 3 aromatic rings. The molecule has 0 spiro atoms. The van der Waals surface area contributed by atoms with Crippen molar-refractivity contribution in [1.82, 2.24) is 9.97 Å². The molecule has 5 nitrogen and oxygen atoms in total. The predicted molar refractivity (Wildman–Crippen MR) is 111 cm³/mol. The molecule has 0 saturated carbocycles. The topological polar surface area (TPSA) is 58.5 Å². The van der Waals surface area contributed by atoms with Gasteiger partial charge in [0, 0.05) is 30.3 Å². The zero-order chi connectivity index (χ0) is 19.5. The molecule has 1 fully saturated rings. The monoisotopic (exact) mass is 375 g/mol. The van der Waals surface area contributed by atoms with Crippen LogP contribution in [0.3, 0.4) is 0 Å². The Bertz CT molecular complexity index is 974. The number of rotatable bonds is 5. The van der Waals surface area contributed by atoms with E-state index in [1.807, 2.05) is 37.3 Å². The highest BCUT2D eigenvalue weighted by atomic mass is 16.5. The summed E-state index contributed by atoms with van der Waals surface area (Å²) in [4.78, 5) is 11.3. The van der Waals surface area contributed by atoms with Crippen molar-refractivity contribution in [1.29, 1.82) is 0 Å². The molecule has 0 aliphatic carbocycles. The van der Waals surface area contributed by atoms with Gasteiger partial charge in [-0.25, -0.2) is 9.97 Å². The quantitative estimate of drug-likeness (QED) is 0.733. The summed E-state index contributed by atoms with van der Waals surface area (Å²) >= 11 is 0. The number of ether oxygens (including phenoxy) is 1. The summed E-state index contributed by atoms with van der Waals surface area (Å²) in [5.41, 5.74) is 5.88. The zero-order valence-electron chi connectivity index (χ0n) is 16.3. The van der Waals surface area contributed by atoms with E-state index < -0.39 is 0 Å². The number of aromatic nitrogens is 2. The zero-order valence-corrected chi connectivity index (χ0v) is 16.3. The van der Waals surface area contributed by atoms with Gasteiger partial charge < -0.3 is 14.7 Å². The fourth-order valence-electron chi connectivity index (χ4n) is 3.70. The van der Waals surface area contributed by atoms with Crippen LogP contribution in [0.1, 0.15) is 23.2 Å². The summed E-state index contributed by atoms with van der Waals surface area (Å²) in [6.45, 7) is 5.62. The van der Waals surface area contributed by atoms with E-state index in [-0.39, 0.29) is 12.7 Å². The molecule has 1 aliphatic rings. The van der Waals surface area contributed by atoms with E-state index >= 15 is 0 Å². The number of aryl methyl sites for hydroxylation is 2. The smallest absolute Gasteiger partial charge is 0.216 e. The van der Waals surface area contributed by atoms with Crippen molar-refractivity contribution in [3.05, 3.63) is 71.5 Å². The molecular weight excluding hydrogens is 350 g/mol. The Morgan fingerprint density at radius 1 is 1.07 bits per heavy atom. The van der Waals surface area contributed by atoms with Gasteiger partial charge >= 0.3 is 0 Å². The van der Waals surface area contributed by atoms with Crippen LogP contribution < -0.4 is 9.64 Å². The lowest BCUT2D eigenvalue weighted by Crippen LogP contribution is -2.26. The maximum atomic E-state index is 9.93. The number of aliphatic hydroxyl groups excluding tert-OH is 1. The van der Waals surface area contributed by atoms with Gasteiger partial charge in [-0.3, -0.25) is 0 Å². The fourth-order valence-corrected chi connectivity index (χ4v) is 3.70. The molecule has 144 valence electrons. The fraction of sp³-hybridized carbons (Fsp3) is 0.304. The second-order valence-corrected chi connectivity index (χ2v) is 7.24. The molecule has 5 heteroatoms. The van der Waals surface area contributed by atoms with Gasteiger partial charge in [-0.2, -0.15) is 0 Å². The molecule has 1 aromatic carbocycles. The third-order valence-electron chi connectivity index (χ3n) is 5.25. The minimum Gasteiger partial charge on any atom is -0.472 e. The molecule has 4 rings (SSSR count). The normalized spacial score (nSPS) is 16.4. The van der Waals surface area contributed by atoms with Gasteiger partial charge in [-0.1, -0.05) is 30.3 Å². The second-order valence-electron chi connectivity index (χ2n) is 7.24. The average Bonchev–Trinajstić information content (AvgIpc) is 3.18. The van der Waals surface area contributed by atoms with E-state index in [4.69, 9.17) is 9.72 Å². The Kier molecular flexibility index (Phi) is 5.26. The van der Waals surface area contributed by atoms with Crippen molar-refractivity contribution < 1.29 is 9.84 Å². The molecule has 28 heavy (non-hydrogen) atoms. The molecule has 1 aliphatic heterocycles. The largest absolute Gasteiger partial charge is 0.472 e. The summed E-state index contributed by atoms with van der Waals surface area (Å²) in [7, 11) is 0. The first-order valence-electron chi connectivity index (χ1n) is 9.65. The highest BCUT2D eigenvalue weighted by Gasteiger charge is 2.27. The summed E-state index contributed by atoms with van der Waals surface area (Å²) in [5, 5.41) is 9.93. The highest BCUT2D eigenvalue weighted by Crippen LogP contribution is 2.29. The van der Waals surface area contributed by atoms with Crippen LogP contribution in [0.15, 0.2) is 54.7 Å². The summed E-state index contributed by atoms with van der Waals surface area (Å²) < 4.78 is 6.10. The van der Waals surface area contributed by atoms with Crippen molar-refractivity contribution >= 4 is 5.69 Å². The molecule has 1 atom stereocenters. The van der Waals surface area contributed by atoms with E-state index in [0.717, 1.165) is 42.0 Å². The van der Waals surface area contributed by atoms with Gasteiger partial charge in [0.05, 0.1) is 30.2 Å². The minimum absolute atomic E-state index is 0.0798. The van der Waals surface area contributed by atoms with Gasteiger partial charge in [-0.15, -0.1) is 0 Å². The van der Waals surface area contributed by atoms with Crippen molar-refractivity contribution in [2.24, 2.45) is 0 Å². The number of aliphatic hydroxyl groups is 1. The Morgan fingerprint density at radius 3 is 2.68 bits per heavy atom. The maximum Gasteiger partial charge on any atom is 0.216 e. The van der Waals surface area contributed by atoms with Crippen molar-refractivity contribution in [2.45, 2.75) is 33.0 Å². The predicted octanol–water partition coefficient (Wildman–Crippen LogP) is 3.91. The lowest BCUT2D eigenvalue weighted by molar-refractivity contribution is 0.214. The first kappa shape index (κ1) is 18.4. The van der Waals surface area contributed by atoms with Crippen LogP contribution in [0.25, 0.3) is 11.3 Å². The molecule has 2 aromatic heterocycles. The van der Waals surface area contributed by atoms with E-state index in [1.54, 1.807) is 6.20 Å². The number of hydrogen-bond acceptors (Lipinski definition) is 5. The van der Waals surface area contributed by atoms with Crippen LogP contribution in [0, 0.1) is 13.8 Å². The second kappa shape index (κ2) is 7.98. The number of benzene rings is 1. The molecule has 0 bridgehead atoms. The van der Waals surface area contributed by atoms with Crippen LogP contribution in [0.4, 0.5) is 5.69 Å². The first-order valence-corrected chi connectivity index (χ1v) is 9.65. The molecule has 1 N–H and O–H groups in total. The van der Waals surface area contributed by atoms with Crippen LogP contribution in [-0.4, -0.2) is 34.3 Å². The Balaban J connectivity index is 1.53. The maximum absolute atomic E-state index is 9.93. The lowest BCUT2D eigenvalue weighted by atomic mass is 10.0. The summed E-state index contributed by atoms with van der Waals surface area (Å²) in [6.07, 6.45) is 2.75. The first-order chi connectivity index (χ1) is 13.7. The molecule has 1 saturated heterocycles. The molecular formula is C23H25N3O2. The van der Waals surface area contributed by atoms with Gasteiger partial charge in [0.1, 0.15) is 6.10 Å². The highest BCUT2D eigenvalue weighted by molar-refractivity contribution is 5.66. The standard InChI is InChI=1S/C23H25N3O2/c1-16-6-3-4-8-19(16)20-9-10-22(21(15-27)25-20)26-13-11-18(14-26)28-23-17(2)7-5-12-24-23/h3-10,12,18,27H,11,13-15H2,1-2H3/t18-/m0/s1. The molecule has 3 heterocycles. The summed E-state index contributed by atoms with van der Waals surface area (Å²) in [6, 6.07) is 16.2. The van der Waals surface area contributed by atoms with Gasteiger partial charge in [0.15, 0.2) is 0 Å². The Labute approximate surface area is 165 Å². The summed E-state index contributed by atoms with van der Waals surface area (Å²) in [5.74, 6) is 0.699. The average molecular weight is 375 g/mol. The van der Waals surface area contributed by atoms with E-state index in [2.05, 4.69) is 35.0 Å². The van der Waals surface area contributed by atoms with Crippen molar-refractivity contribution in [2.75, 3.05) is 18.0 Å². The molecule has 0 radical (unpaired) electrons. The van der Waals surface area contributed by atoms with Crippen LogP contribution in [0.5, 0.6) is 5.88 Å². The van der Waals surface area contributed by atoms with E-state index in [9.17, 15) is 5.11 Å². The van der Waals surface area contributed by atoms with Crippen LogP contribution in [-0.2, 0) is 6.61 Å². The van der Waals surface area contributed by atoms with Crippen molar-refractivity contribution in [3.8, 4) is 17.1 Å².